The molecular weight excluding hydrogens is 130 g/mol. The van der Waals surface area contributed by atoms with E-state index in [0.717, 1.165) is 12.0 Å². The molecular formula is C7H9NS. The molecule has 0 saturated heterocycles. The Labute approximate surface area is 59.7 Å². The van der Waals surface area contributed by atoms with Crippen LogP contribution >= 0.6 is 11.8 Å². The third-order valence-electron chi connectivity index (χ3n) is 1.28. The molecule has 0 spiro atoms. The molecule has 0 aliphatic carbocycles. The van der Waals surface area contributed by atoms with Gasteiger partial charge in [-0.2, -0.15) is 5.26 Å². The van der Waals surface area contributed by atoms with Crippen molar-refractivity contribution in [1.82, 2.24) is 0 Å². The quantitative estimate of drug-likeness (QED) is 0.514. The highest BCUT2D eigenvalue weighted by Gasteiger charge is 2.24. The molecule has 9 heavy (non-hydrogen) atoms. The fraction of sp³-hybridized carbons (Fsp3) is 0.571. The summed E-state index contributed by atoms with van der Waals surface area (Å²) in [7, 11) is 0. The molecule has 0 N–H and O–H groups in total. The Bertz CT molecular complexity index is 186. The first-order valence-corrected chi connectivity index (χ1v) is 3.79. The van der Waals surface area contributed by atoms with Crippen molar-refractivity contribution < 1.29 is 0 Å². The molecule has 0 aromatic carbocycles. The van der Waals surface area contributed by atoms with Gasteiger partial charge in [0, 0.05) is 10.3 Å². The lowest BCUT2D eigenvalue weighted by Crippen LogP contribution is -2.08. The van der Waals surface area contributed by atoms with Crippen LogP contribution in [0.15, 0.2) is 11.0 Å². The lowest BCUT2D eigenvalue weighted by molar-refractivity contribution is 0.727. The predicted molar refractivity (Wildman–Crippen MR) is 40.0 cm³/mol. The molecule has 2 heteroatoms. The zero-order valence-electron chi connectivity index (χ0n) is 5.64. The summed E-state index contributed by atoms with van der Waals surface area (Å²) in [5.74, 6) is 0. The van der Waals surface area contributed by atoms with E-state index in [1.165, 1.54) is 0 Å². The maximum absolute atomic E-state index is 8.47. The summed E-state index contributed by atoms with van der Waals surface area (Å²) in [5.41, 5.74) is 0.921. The van der Waals surface area contributed by atoms with Crippen molar-refractivity contribution in [3.8, 4) is 6.07 Å². The van der Waals surface area contributed by atoms with Crippen LogP contribution in [0.1, 0.15) is 20.3 Å². The van der Waals surface area contributed by atoms with Gasteiger partial charge in [-0.05, 0) is 11.8 Å². The zero-order valence-corrected chi connectivity index (χ0v) is 6.46. The van der Waals surface area contributed by atoms with Gasteiger partial charge >= 0.3 is 0 Å². The second-order valence-corrected chi connectivity index (χ2v) is 4.39. The minimum absolute atomic E-state index is 0.269. The smallest absolute Gasteiger partial charge is 0.0953 e. The maximum Gasteiger partial charge on any atom is 0.0953 e. The van der Waals surface area contributed by atoms with E-state index in [1.54, 1.807) is 11.8 Å². The van der Waals surface area contributed by atoms with E-state index in [9.17, 15) is 0 Å². The van der Waals surface area contributed by atoms with Crippen molar-refractivity contribution in [2.75, 3.05) is 0 Å². The Hall–Kier alpha value is -0.420. The number of allylic oxidation sites excluding steroid dienone is 1. The second-order valence-electron chi connectivity index (χ2n) is 2.81. The predicted octanol–water partition coefficient (Wildman–Crippen LogP) is 2.31. The summed E-state index contributed by atoms with van der Waals surface area (Å²) in [5, 5.41) is 10.4. The van der Waals surface area contributed by atoms with Gasteiger partial charge in [0.05, 0.1) is 6.07 Å². The third-order valence-corrected chi connectivity index (χ3v) is 2.46. The second kappa shape index (κ2) is 2.07. The van der Waals surface area contributed by atoms with Gasteiger partial charge in [-0.3, -0.25) is 0 Å². The van der Waals surface area contributed by atoms with Gasteiger partial charge in [-0.15, -0.1) is 11.8 Å². The van der Waals surface area contributed by atoms with Gasteiger partial charge in [0.25, 0.3) is 0 Å². The zero-order chi connectivity index (χ0) is 6.91. The van der Waals surface area contributed by atoms with Gasteiger partial charge in [-0.1, -0.05) is 13.8 Å². The Morgan fingerprint density at radius 1 is 1.78 bits per heavy atom. The van der Waals surface area contributed by atoms with Crippen molar-refractivity contribution in [3.63, 3.8) is 0 Å². The third kappa shape index (κ3) is 1.49. The van der Waals surface area contributed by atoms with Crippen molar-refractivity contribution in [2.24, 2.45) is 0 Å². The van der Waals surface area contributed by atoms with Crippen LogP contribution in [0.5, 0.6) is 0 Å². The molecule has 0 bridgehead atoms. The largest absolute Gasteiger partial charge is 0.193 e. The first-order chi connectivity index (χ1) is 4.14. The number of rotatable bonds is 0. The summed E-state index contributed by atoms with van der Waals surface area (Å²) in [6, 6.07) is 2.16. The van der Waals surface area contributed by atoms with Gasteiger partial charge in [0.2, 0.25) is 0 Å². The lowest BCUT2D eigenvalue weighted by Gasteiger charge is -2.13. The molecule has 0 unspecified atom stereocenters. The Balaban J connectivity index is 2.63. The van der Waals surface area contributed by atoms with E-state index in [2.05, 4.69) is 19.9 Å². The van der Waals surface area contributed by atoms with Crippen molar-refractivity contribution in [2.45, 2.75) is 25.0 Å². The van der Waals surface area contributed by atoms with Crippen LogP contribution in [0.4, 0.5) is 0 Å². The summed E-state index contributed by atoms with van der Waals surface area (Å²) in [6.45, 7) is 4.30. The monoisotopic (exact) mass is 139 g/mol. The lowest BCUT2D eigenvalue weighted by atomic mass is 10.1. The van der Waals surface area contributed by atoms with Crippen LogP contribution in [0.3, 0.4) is 0 Å². The molecule has 1 aliphatic heterocycles. The molecule has 0 aromatic heterocycles. The fourth-order valence-corrected chi connectivity index (χ4v) is 1.67. The van der Waals surface area contributed by atoms with E-state index in [4.69, 9.17) is 5.26 Å². The van der Waals surface area contributed by atoms with Gasteiger partial charge in [0.15, 0.2) is 0 Å². The van der Waals surface area contributed by atoms with Gasteiger partial charge in [-0.25, -0.2) is 0 Å². The average Bonchev–Trinajstić information content (AvgIpc) is 2.10. The van der Waals surface area contributed by atoms with E-state index < -0.39 is 0 Å². The molecule has 48 valence electrons. The number of nitrogens with zero attached hydrogens (tertiary/aromatic N) is 1. The summed E-state index contributed by atoms with van der Waals surface area (Å²) in [6.07, 6.45) is 0.925. The highest BCUT2D eigenvalue weighted by atomic mass is 32.2. The fourth-order valence-electron chi connectivity index (χ4n) is 0.839. The summed E-state index contributed by atoms with van der Waals surface area (Å²) < 4.78 is 0.269. The van der Waals surface area contributed by atoms with Gasteiger partial charge in [0.1, 0.15) is 0 Å². The first kappa shape index (κ1) is 6.70. The summed E-state index contributed by atoms with van der Waals surface area (Å²) >= 11 is 1.75. The van der Waals surface area contributed by atoms with Crippen LogP contribution in [0.2, 0.25) is 0 Å². The normalized spacial score (nSPS) is 23.0. The molecule has 0 aromatic rings. The molecule has 0 fully saturated rings. The Morgan fingerprint density at radius 3 is 2.67 bits per heavy atom. The molecule has 0 radical (unpaired) electrons. The number of thioether (sulfide) groups is 1. The molecule has 1 heterocycles. The average molecular weight is 139 g/mol. The number of hydrogen-bond acceptors (Lipinski definition) is 2. The SMILES string of the molecule is CC1(C)CC(C#N)=CS1. The Morgan fingerprint density at radius 2 is 2.44 bits per heavy atom. The van der Waals surface area contributed by atoms with E-state index >= 15 is 0 Å². The van der Waals surface area contributed by atoms with Gasteiger partial charge < -0.3 is 0 Å². The minimum atomic E-state index is 0.269. The van der Waals surface area contributed by atoms with E-state index in [-0.39, 0.29) is 4.75 Å². The summed E-state index contributed by atoms with van der Waals surface area (Å²) in [4.78, 5) is 0. The number of hydrogen-bond donors (Lipinski definition) is 0. The maximum atomic E-state index is 8.47. The number of nitriles is 1. The molecule has 0 atom stereocenters. The van der Waals surface area contributed by atoms with Crippen molar-refractivity contribution >= 4 is 11.8 Å². The van der Waals surface area contributed by atoms with E-state index in [1.807, 2.05) is 5.41 Å². The standard InChI is InChI=1S/C7H9NS/c1-7(2)3-6(4-8)5-9-7/h5H,3H2,1-2H3. The highest BCUT2D eigenvalue weighted by Crippen LogP contribution is 2.39. The van der Waals surface area contributed by atoms with Crippen LogP contribution in [0.25, 0.3) is 0 Å². The highest BCUT2D eigenvalue weighted by molar-refractivity contribution is 8.03. The molecule has 0 amide bonds. The first-order valence-electron chi connectivity index (χ1n) is 2.91. The Kier molecular flexibility index (Phi) is 1.54. The topological polar surface area (TPSA) is 23.8 Å². The minimum Gasteiger partial charge on any atom is -0.193 e. The van der Waals surface area contributed by atoms with E-state index in [0.29, 0.717) is 0 Å². The van der Waals surface area contributed by atoms with Crippen LogP contribution in [-0.4, -0.2) is 4.75 Å². The molecule has 1 nitrogen and oxygen atoms in total. The molecule has 0 saturated carbocycles. The molecule has 1 aliphatic rings. The van der Waals surface area contributed by atoms with Crippen molar-refractivity contribution in [1.29, 1.82) is 5.26 Å². The van der Waals surface area contributed by atoms with Crippen molar-refractivity contribution in [3.05, 3.63) is 11.0 Å². The van der Waals surface area contributed by atoms with Crippen LogP contribution in [-0.2, 0) is 0 Å². The molecule has 1 rings (SSSR count). The van der Waals surface area contributed by atoms with Crippen LogP contribution in [0, 0.1) is 11.3 Å². The van der Waals surface area contributed by atoms with Crippen LogP contribution < -0.4 is 0 Å².